The highest BCUT2D eigenvalue weighted by atomic mass is 35.5. The molecule has 186 valence electrons. The van der Waals surface area contributed by atoms with Crippen molar-refractivity contribution < 1.29 is 26.0 Å². The van der Waals surface area contributed by atoms with Crippen molar-refractivity contribution >= 4 is 40.8 Å². The minimum absolute atomic E-state index is 0. The molecule has 2 aliphatic heterocycles. The van der Waals surface area contributed by atoms with Crippen molar-refractivity contribution in [3.05, 3.63) is 0 Å². The first kappa shape index (κ1) is 29.2. The van der Waals surface area contributed by atoms with E-state index in [1.807, 2.05) is 6.92 Å². The molecule has 2 saturated heterocycles. The normalized spacial score (nSPS) is 23.7. The van der Waals surface area contributed by atoms with Crippen molar-refractivity contribution in [1.29, 1.82) is 0 Å². The highest BCUT2D eigenvalue weighted by Gasteiger charge is 2.48. The zero-order valence-corrected chi connectivity index (χ0v) is 22.3. The minimum atomic E-state index is -3.25. The summed E-state index contributed by atoms with van der Waals surface area (Å²) >= 11 is 0. The van der Waals surface area contributed by atoms with E-state index in [1.54, 1.807) is 0 Å². The van der Waals surface area contributed by atoms with E-state index < -0.39 is 28.4 Å². The number of halogens is 1. The van der Waals surface area contributed by atoms with Crippen LogP contribution < -0.4 is 15.6 Å². The molecule has 0 amide bonds. The molecule has 10 nitrogen and oxygen atoms in total. The van der Waals surface area contributed by atoms with Crippen LogP contribution in [-0.4, -0.2) is 85.2 Å². The highest BCUT2D eigenvalue weighted by molar-refractivity contribution is 7.90. The largest absolute Gasteiger partial charge is 0.391 e. The first-order chi connectivity index (χ1) is 13.7. The van der Waals surface area contributed by atoms with E-state index in [2.05, 4.69) is 29.9 Å². The van der Waals surface area contributed by atoms with E-state index in [4.69, 9.17) is 19.4 Å². The van der Waals surface area contributed by atoms with Crippen LogP contribution in [0.4, 0.5) is 0 Å². The molecule has 0 bridgehead atoms. The van der Waals surface area contributed by atoms with Gasteiger partial charge in [0.15, 0.2) is 14.1 Å². The van der Waals surface area contributed by atoms with Crippen LogP contribution in [0.2, 0.25) is 19.6 Å². The van der Waals surface area contributed by atoms with Crippen LogP contribution in [0.3, 0.4) is 0 Å². The molecule has 4 rings (SSSR count). The lowest BCUT2D eigenvalue weighted by Crippen LogP contribution is -2.57. The number of nitrogens with zero attached hydrogens (tertiary/aromatic N) is 1. The SMILES string of the molecule is CCOC1(O[Si](C)(C)C)CC1.Cl.NS(=O)(=O)C1CN(C2CC2)C1.NS(=O)(=O)C1CNC1. The molecule has 2 aliphatic carbocycles. The van der Waals surface area contributed by atoms with Gasteiger partial charge in [-0.05, 0) is 39.4 Å². The summed E-state index contributed by atoms with van der Waals surface area (Å²) in [6, 6.07) is 0.674. The molecule has 4 aliphatic rings. The second-order valence-corrected chi connectivity index (χ2v) is 17.4. The Morgan fingerprint density at radius 1 is 1.00 bits per heavy atom. The molecule has 0 atom stereocenters. The Labute approximate surface area is 194 Å². The van der Waals surface area contributed by atoms with Crippen LogP contribution in [0, 0.1) is 0 Å². The number of sulfonamides is 2. The maximum Gasteiger partial charge on any atom is 0.214 e. The third-order valence-electron chi connectivity index (χ3n) is 5.17. The summed E-state index contributed by atoms with van der Waals surface area (Å²) in [6.07, 6.45) is 4.64. The zero-order chi connectivity index (χ0) is 22.8. The summed E-state index contributed by atoms with van der Waals surface area (Å²) in [5.41, 5.74) is 0. The molecule has 14 heteroatoms. The number of hydrogen-bond donors (Lipinski definition) is 3. The van der Waals surface area contributed by atoms with Gasteiger partial charge in [-0.25, -0.2) is 27.1 Å². The number of hydrogen-bond acceptors (Lipinski definition) is 8. The van der Waals surface area contributed by atoms with Crippen molar-refractivity contribution in [3.63, 3.8) is 0 Å². The van der Waals surface area contributed by atoms with Gasteiger partial charge in [0.2, 0.25) is 20.0 Å². The van der Waals surface area contributed by atoms with Crippen LogP contribution in [0.5, 0.6) is 0 Å². The molecule has 0 spiro atoms. The highest BCUT2D eigenvalue weighted by Crippen LogP contribution is 2.42. The van der Waals surface area contributed by atoms with E-state index in [9.17, 15) is 16.8 Å². The lowest BCUT2D eigenvalue weighted by molar-refractivity contribution is -0.106. The Hall–Kier alpha value is 0.167. The second kappa shape index (κ2) is 11.1. The van der Waals surface area contributed by atoms with Gasteiger partial charge in [0.25, 0.3) is 0 Å². The average Bonchev–Trinajstić information content (AvgIpc) is 3.30. The Kier molecular flexibility index (Phi) is 10.4. The lowest BCUT2D eigenvalue weighted by Gasteiger charge is -2.37. The molecule has 4 fully saturated rings. The zero-order valence-electron chi connectivity index (χ0n) is 18.9. The van der Waals surface area contributed by atoms with E-state index >= 15 is 0 Å². The molecule has 0 aromatic carbocycles. The third-order valence-corrected chi connectivity index (χ3v) is 8.64. The maximum atomic E-state index is 10.8. The summed E-state index contributed by atoms with van der Waals surface area (Å²) in [5, 5.41) is 11.9. The Balaban J connectivity index is 0.000000232. The van der Waals surface area contributed by atoms with Gasteiger partial charge in [-0.3, -0.25) is 4.90 Å². The first-order valence-electron chi connectivity index (χ1n) is 10.5. The monoisotopic (exact) mass is 522 g/mol. The standard InChI is InChI=1S/C8H18O2Si.C6H12N2O2S.C3H8N2O2S.ClH/c1-5-9-8(6-7-8)10-11(2,3)4;7-11(9,10)6-3-8(4-6)5-1-2-5;4-8(6,7)3-1-5-2-3;/h5-7H2,1-4H3;5-6H,1-4H2,(H2,7,9,10);3,5H,1-2H2,(H2,4,6,7);1H. The first-order valence-corrected chi connectivity index (χ1v) is 17.1. The summed E-state index contributed by atoms with van der Waals surface area (Å²) in [7, 11) is -7.87. The van der Waals surface area contributed by atoms with Gasteiger partial charge in [-0.15, -0.1) is 12.4 Å². The van der Waals surface area contributed by atoms with Gasteiger partial charge in [0, 0.05) is 51.7 Å². The molecule has 0 radical (unpaired) electrons. The quantitative estimate of drug-likeness (QED) is 0.315. The summed E-state index contributed by atoms with van der Waals surface area (Å²) in [5.74, 6) is -0.154. The van der Waals surface area contributed by atoms with E-state index in [0.29, 0.717) is 32.2 Å². The van der Waals surface area contributed by atoms with Gasteiger partial charge in [-0.2, -0.15) is 0 Å². The van der Waals surface area contributed by atoms with Crippen molar-refractivity contribution in [2.45, 2.75) is 74.6 Å². The maximum absolute atomic E-state index is 10.8. The van der Waals surface area contributed by atoms with Gasteiger partial charge in [0.05, 0.1) is 5.25 Å². The fourth-order valence-corrected chi connectivity index (χ4v) is 5.99. The fraction of sp³-hybridized carbons (Fsp3) is 1.00. The predicted octanol–water partition coefficient (Wildman–Crippen LogP) is 0.155. The molecule has 0 aromatic rings. The Bertz CT molecular complexity index is 775. The Morgan fingerprint density at radius 3 is 1.71 bits per heavy atom. The summed E-state index contributed by atoms with van der Waals surface area (Å²) in [6.45, 7) is 11.7. The van der Waals surface area contributed by atoms with Crippen LogP contribution >= 0.6 is 12.4 Å². The van der Waals surface area contributed by atoms with Gasteiger partial charge in [0.1, 0.15) is 5.25 Å². The van der Waals surface area contributed by atoms with Crippen molar-refractivity contribution in [1.82, 2.24) is 10.2 Å². The number of rotatable bonds is 7. The predicted molar refractivity (Wildman–Crippen MR) is 127 cm³/mol. The smallest absolute Gasteiger partial charge is 0.214 e. The van der Waals surface area contributed by atoms with Gasteiger partial charge >= 0.3 is 0 Å². The molecule has 5 N–H and O–H groups in total. The molecule has 0 unspecified atom stereocenters. The second-order valence-electron chi connectivity index (χ2n) is 9.32. The number of primary sulfonamides is 2. The van der Waals surface area contributed by atoms with Crippen LogP contribution in [0.15, 0.2) is 0 Å². The average molecular weight is 523 g/mol. The van der Waals surface area contributed by atoms with E-state index in [0.717, 1.165) is 19.4 Å². The van der Waals surface area contributed by atoms with Crippen molar-refractivity contribution in [3.8, 4) is 0 Å². The number of nitrogens with two attached hydrogens (primary N) is 2. The van der Waals surface area contributed by atoms with Crippen LogP contribution in [-0.2, 0) is 29.2 Å². The Morgan fingerprint density at radius 2 is 1.48 bits per heavy atom. The molecular formula is C17H39ClN4O6S2Si. The number of nitrogens with one attached hydrogen (secondary N) is 1. The third kappa shape index (κ3) is 10.3. The van der Waals surface area contributed by atoms with Gasteiger partial charge < -0.3 is 14.5 Å². The molecule has 0 aromatic heterocycles. The van der Waals surface area contributed by atoms with Crippen LogP contribution in [0.1, 0.15) is 32.6 Å². The molecule has 31 heavy (non-hydrogen) atoms. The van der Waals surface area contributed by atoms with E-state index in [-0.39, 0.29) is 28.7 Å². The fourth-order valence-electron chi connectivity index (χ4n) is 3.11. The van der Waals surface area contributed by atoms with E-state index in [1.165, 1.54) is 12.8 Å². The lowest BCUT2D eigenvalue weighted by atomic mass is 10.2. The summed E-state index contributed by atoms with van der Waals surface area (Å²) < 4.78 is 53.6. The minimum Gasteiger partial charge on any atom is -0.391 e. The molecule has 2 heterocycles. The van der Waals surface area contributed by atoms with Crippen molar-refractivity contribution in [2.75, 3.05) is 32.8 Å². The van der Waals surface area contributed by atoms with Crippen LogP contribution in [0.25, 0.3) is 0 Å². The molecule has 2 saturated carbocycles. The number of ether oxygens (including phenoxy) is 1. The summed E-state index contributed by atoms with van der Waals surface area (Å²) in [4.78, 5) is 2.19. The topological polar surface area (TPSA) is 154 Å². The number of likely N-dealkylation sites (tertiary alicyclic amines) is 1. The van der Waals surface area contributed by atoms with Crippen molar-refractivity contribution in [2.24, 2.45) is 10.3 Å². The van der Waals surface area contributed by atoms with Gasteiger partial charge in [-0.1, -0.05) is 0 Å². The molecular weight excluding hydrogens is 484 g/mol.